The van der Waals surface area contributed by atoms with Crippen LogP contribution in [0, 0.1) is 0 Å². The zero-order valence-corrected chi connectivity index (χ0v) is 38.7. The molecule has 3 heteroatoms. The predicted molar refractivity (Wildman–Crippen MR) is 299 cm³/mol. The Bertz CT molecular complexity index is 4280. The highest BCUT2D eigenvalue weighted by molar-refractivity contribution is 6.20. The summed E-state index contributed by atoms with van der Waals surface area (Å²) in [5, 5.41) is 9.52. The number of para-hydroxylation sites is 3. The summed E-state index contributed by atoms with van der Waals surface area (Å²) in [5.74, 6) is 0. The maximum absolute atomic E-state index is 6.72. The first-order valence-electron chi connectivity index (χ1n) is 24.3. The van der Waals surface area contributed by atoms with Gasteiger partial charge in [-0.25, -0.2) is 0 Å². The molecule has 0 aliphatic heterocycles. The molecule has 0 amide bonds. The van der Waals surface area contributed by atoms with Crippen molar-refractivity contribution in [3.8, 4) is 50.2 Å². The fourth-order valence-electron chi connectivity index (χ4n) is 11.0. The number of hydrogen-bond acceptors (Lipinski definition) is 2. The first-order valence-corrected chi connectivity index (χ1v) is 24.3. The highest BCUT2D eigenvalue weighted by atomic mass is 16.3. The van der Waals surface area contributed by atoms with Crippen LogP contribution in [0.1, 0.15) is 0 Å². The van der Waals surface area contributed by atoms with Crippen molar-refractivity contribution in [2.45, 2.75) is 0 Å². The molecule has 0 aliphatic rings. The van der Waals surface area contributed by atoms with E-state index in [2.05, 4.69) is 276 Å². The van der Waals surface area contributed by atoms with Crippen LogP contribution >= 0.6 is 0 Å². The topological polar surface area (TPSA) is 21.3 Å². The van der Waals surface area contributed by atoms with Crippen molar-refractivity contribution in [3.63, 3.8) is 0 Å². The minimum atomic E-state index is 0.874. The number of nitrogens with zero attached hydrogens (tertiary/aromatic N) is 2. The molecule has 14 rings (SSSR count). The smallest absolute Gasteiger partial charge is 0.143 e. The van der Waals surface area contributed by atoms with Crippen molar-refractivity contribution >= 4 is 82.4 Å². The van der Waals surface area contributed by atoms with Crippen LogP contribution in [0.2, 0.25) is 0 Å². The SMILES string of the molecule is c1cc(-c2ccc(N(c3ccc(-c4ccc(-c5ccc6ccccc6c5)cc4)cc3)c3ccccc3-c3cccc4oc5c6ccccc6ccc5c34)cc2)cc(-n2c3ccccc3c3ccccc32)c1. The maximum Gasteiger partial charge on any atom is 0.143 e. The van der Waals surface area contributed by atoms with Gasteiger partial charge in [0.2, 0.25) is 0 Å². The summed E-state index contributed by atoms with van der Waals surface area (Å²) >= 11 is 0. The van der Waals surface area contributed by atoms with Gasteiger partial charge in [-0.15, -0.1) is 0 Å². The minimum absolute atomic E-state index is 0.874. The second-order valence-electron chi connectivity index (χ2n) is 18.4. The third-order valence-electron chi connectivity index (χ3n) is 14.4. The second-order valence-corrected chi connectivity index (χ2v) is 18.4. The molecular weight excluding hydrogens is 861 g/mol. The standard InChI is InChI=1S/C68H44N2O/c1-2-15-51-43-53(32-31-45(51)13-1)48-29-27-46(28-30-48)47-33-38-54(39-34-47)69(63-23-8-7-21-60(63)61-22-12-26-66-67(61)62-42-37-50-14-3-4-18-57(50)68(62)71-66)55-40-35-49(36-41-55)52-16-11-17-56(44-52)70-64-24-9-5-19-58(64)59-20-6-10-25-65(59)70/h1-44H. The number of aromatic nitrogens is 1. The molecule has 0 aliphatic carbocycles. The zero-order chi connectivity index (χ0) is 46.8. The normalized spacial score (nSPS) is 11.7. The molecule has 0 N–H and O–H groups in total. The Labute approximate surface area is 411 Å². The van der Waals surface area contributed by atoms with Gasteiger partial charge in [-0.3, -0.25) is 0 Å². The van der Waals surface area contributed by atoms with Crippen LogP contribution < -0.4 is 4.90 Å². The van der Waals surface area contributed by atoms with Crippen molar-refractivity contribution in [2.75, 3.05) is 4.90 Å². The summed E-state index contributed by atoms with van der Waals surface area (Å²) in [7, 11) is 0. The first kappa shape index (κ1) is 40.6. The van der Waals surface area contributed by atoms with Gasteiger partial charge in [-0.1, -0.05) is 194 Å². The summed E-state index contributed by atoms with van der Waals surface area (Å²) < 4.78 is 9.10. The molecule has 332 valence electrons. The van der Waals surface area contributed by atoms with Gasteiger partial charge >= 0.3 is 0 Å². The average Bonchev–Trinajstić information content (AvgIpc) is 4.00. The molecule has 0 spiro atoms. The van der Waals surface area contributed by atoms with Gasteiger partial charge in [0, 0.05) is 49.6 Å². The predicted octanol–water partition coefficient (Wildman–Crippen LogP) is 19.1. The molecular formula is C68H44N2O. The Kier molecular flexibility index (Phi) is 9.53. The van der Waals surface area contributed by atoms with Crippen molar-refractivity contribution in [1.29, 1.82) is 0 Å². The van der Waals surface area contributed by atoms with Crippen molar-refractivity contribution in [2.24, 2.45) is 0 Å². The lowest BCUT2D eigenvalue weighted by Crippen LogP contribution is -2.11. The lowest BCUT2D eigenvalue weighted by molar-refractivity contribution is 0.673. The zero-order valence-electron chi connectivity index (χ0n) is 38.7. The molecule has 0 unspecified atom stereocenters. The molecule has 14 aromatic rings. The van der Waals surface area contributed by atoms with E-state index < -0.39 is 0 Å². The minimum Gasteiger partial charge on any atom is -0.455 e. The van der Waals surface area contributed by atoms with Crippen molar-refractivity contribution < 1.29 is 4.42 Å². The number of fused-ring (bicyclic) bond motifs is 9. The van der Waals surface area contributed by atoms with Gasteiger partial charge in [-0.05, 0) is 128 Å². The summed E-state index contributed by atoms with van der Waals surface area (Å²) in [5.41, 5.74) is 17.8. The lowest BCUT2D eigenvalue weighted by atomic mass is 9.95. The molecule has 0 saturated carbocycles. The van der Waals surface area contributed by atoms with Crippen LogP contribution in [-0.2, 0) is 0 Å². The van der Waals surface area contributed by atoms with E-state index in [4.69, 9.17) is 4.42 Å². The van der Waals surface area contributed by atoms with Crippen molar-refractivity contribution in [1.82, 2.24) is 4.57 Å². The quantitative estimate of drug-likeness (QED) is 0.151. The Hall–Kier alpha value is -9.44. The average molecular weight is 905 g/mol. The summed E-state index contributed by atoms with van der Waals surface area (Å²) in [6.07, 6.45) is 0. The highest BCUT2D eigenvalue weighted by Gasteiger charge is 2.22. The van der Waals surface area contributed by atoms with E-state index in [0.29, 0.717) is 0 Å². The summed E-state index contributed by atoms with van der Waals surface area (Å²) in [4.78, 5) is 2.40. The molecule has 0 saturated heterocycles. The summed E-state index contributed by atoms with van der Waals surface area (Å²) in [6.45, 7) is 0. The van der Waals surface area contributed by atoms with Gasteiger partial charge in [-0.2, -0.15) is 0 Å². The molecule has 12 aromatic carbocycles. The number of anilines is 3. The molecule has 0 radical (unpaired) electrons. The summed E-state index contributed by atoms with van der Waals surface area (Å²) in [6, 6.07) is 96.7. The van der Waals surface area contributed by atoms with E-state index in [1.807, 2.05) is 0 Å². The van der Waals surface area contributed by atoms with Crippen LogP contribution in [0.3, 0.4) is 0 Å². The first-order chi connectivity index (χ1) is 35.2. The molecule has 2 heterocycles. The van der Waals surface area contributed by atoms with E-state index in [1.165, 1.54) is 54.7 Å². The fraction of sp³-hybridized carbons (Fsp3) is 0. The molecule has 3 nitrogen and oxygen atoms in total. The Balaban J connectivity index is 0.873. The van der Waals surface area contributed by atoms with E-state index in [9.17, 15) is 0 Å². The van der Waals surface area contributed by atoms with Crippen LogP contribution in [0.4, 0.5) is 17.1 Å². The fourth-order valence-corrected chi connectivity index (χ4v) is 11.0. The largest absolute Gasteiger partial charge is 0.455 e. The molecule has 0 atom stereocenters. The molecule has 0 fully saturated rings. The number of benzene rings is 12. The van der Waals surface area contributed by atoms with Crippen molar-refractivity contribution in [3.05, 3.63) is 267 Å². The van der Waals surface area contributed by atoms with Gasteiger partial charge in [0.25, 0.3) is 0 Å². The molecule has 2 aromatic heterocycles. The third-order valence-corrected chi connectivity index (χ3v) is 14.4. The monoisotopic (exact) mass is 904 g/mol. The van der Waals surface area contributed by atoms with Gasteiger partial charge in [0.05, 0.1) is 16.7 Å². The van der Waals surface area contributed by atoms with Crippen LogP contribution in [0.5, 0.6) is 0 Å². The van der Waals surface area contributed by atoms with Gasteiger partial charge < -0.3 is 13.9 Å². The van der Waals surface area contributed by atoms with E-state index >= 15 is 0 Å². The van der Waals surface area contributed by atoms with Crippen LogP contribution in [0.25, 0.3) is 115 Å². The lowest BCUT2D eigenvalue weighted by Gasteiger charge is -2.28. The Morgan fingerprint density at radius 1 is 0.310 bits per heavy atom. The second kappa shape index (κ2) is 16.7. The third kappa shape index (κ3) is 6.89. The molecule has 71 heavy (non-hydrogen) atoms. The number of rotatable bonds is 8. The van der Waals surface area contributed by atoms with E-state index in [0.717, 1.165) is 77.9 Å². The number of furan rings is 1. The van der Waals surface area contributed by atoms with Crippen LogP contribution in [-0.4, -0.2) is 4.57 Å². The Morgan fingerprint density at radius 3 is 1.52 bits per heavy atom. The number of hydrogen-bond donors (Lipinski definition) is 0. The Morgan fingerprint density at radius 2 is 0.817 bits per heavy atom. The van der Waals surface area contributed by atoms with Crippen LogP contribution in [0.15, 0.2) is 271 Å². The van der Waals surface area contributed by atoms with E-state index in [1.54, 1.807) is 0 Å². The van der Waals surface area contributed by atoms with E-state index in [-0.39, 0.29) is 0 Å². The van der Waals surface area contributed by atoms with Gasteiger partial charge in [0.15, 0.2) is 0 Å². The maximum atomic E-state index is 6.72. The van der Waals surface area contributed by atoms with Gasteiger partial charge in [0.1, 0.15) is 11.2 Å². The highest BCUT2D eigenvalue weighted by Crippen LogP contribution is 2.46. The molecule has 0 bridgehead atoms.